The third-order valence-corrected chi connectivity index (χ3v) is 4.44. The molecule has 110 valence electrons. The van der Waals surface area contributed by atoms with E-state index in [9.17, 15) is 9.59 Å². The van der Waals surface area contributed by atoms with Gasteiger partial charge in [-0.3, -0.25) is 14.9 Å². The average molecular weight is 296 g/mol. The van der Waals surface area contributed by atoms with E-state index in [1.807, 2.05) is 6.92 Å². The van der Waals surface area contributed by atoms with Crippen LogP contribution >= 0.6 is 11.3 Å². The van der Waals surface area contributed by atoms with Crippen molar-refractivity contribution in [2.75, 3.05) is 11.9 Å². The molecule has 2 amide bonds. The standard InChI is InChI=1S/C13H20N4O2S/c1-3-10-15-16-13(20-10)14-12(19)9(2)17-8-6-4-5-7-11(17)18/h9H,3-8H2,1-2H3,(H,14,16,19)/t9-/m0/s1. The third kappa shape index (κ3) is 3.53. The van der Waals surface area contributed by atoms with E-state index in [-0.39, 0.29) is 11.8 Å². The normalized spacial score (nSPS) is 17.7. The minimum Gasteiger partial charge on any atom is -0.331 e. The predicted octanol–water partition coefficient (Wildman–Crippen LogP) is 1.83. The molecule has 0 bridgehead atoms. The highest BCUT2D eigenvalue weighted by Crippen LogP contribution is 2.18. The largest absolute Gasteiger partial charge is 0.331 e. The Morgan fingerprint density at radius 2 is 2.20 bits per heavy atom. The van der Waals surface area contributed by atoms with Crippen LogP contribution in [0, 0.1) is 0 Å². The third-order valence-electron chi connectivity index (χ3n) is 3.46. The molecule has 2 heterocycles. The van der Waals surface area contributed by atoms with Crippen LogP contribution in [0.5, 0.6) is 0 Å². The molecule has 0 radical (unpaired) electrons. The van der Waals surface area contributed by atoms with Crippen LogP contribution in [0.1, 0.15) is 44.5 Å². The summed E-state index contributed by atoms with van der Waals surface area (Å²) in [5.41, 5.74) is 0. The maximum atomic E-state index is 12.2. The lowest BCUT2D eigenvalue weighted by molar-refractivity contribution is -0.137. The Bertz CT molecular complexity index is 488. The number of amides is 2. The summed E-state index contributed by atoms with van der Waals surface area (Å²) in [5, 5.41) is 12.0. The molecular formula is C13H20N4O2S. The van der Waals surface area contributed by atoms with E-state index in [4.69, 9.17) is 0 Å². The van der Waals surface area contributed by atoms with Gasteiger partial charge in [0.05, 0.1) is 0 Å². The highest BCUT2D eigenvalue weighted by Gasteiger charge is 2.27. The van der Waals surface area contributed by atoms with E-state index in [0.717, 1.165) is 30.7 Å². The summed E-state index contributed by atoms with van der Waals surface area (Å²) in [5.74, 6) is -0.129. The van der Waals surface area contributed by atoms with E-state index in [2.05, 4.69) is 15.5 Å². The maximum absolute atomic E-state index is 12.2. The predicted molar refractivity (Wildman–Crippen MR) is 77.6 cm³/mol. The van der Waals surface area contributed by atoms with Gasteiger partial charge in [-0.2, -0.15) is 0 Å². The molecule has 2 rings (SSSR count). The Morgan fingerprint density at radius 1 is 1.40 bits per heavy atom. The van der Waals surface area contributed by atoms with E-state index < -0.39 is 6.04 Å². The Balaban J connectivity index is 1.98. The Hall–Kier alpha value is -1.50. The van der Waals surface area contributed by atoms with Crippen LogP contribution in [0.25, 0.3) is 0 Å². The number of likely N-dealkylation sites (tertiary alicyclic amines) is 1. The summed E-state index contributed by atoms with van der Waals surface area (Å²) in [4.78, 5) is 25.9. The number of carbonyl (C=O) groups excluding carboxylic acids is 2. The lowest BCUT2D eigenvalue weighted by atomic mass is 10.2. The zero-order chi connectivity index (χ0) is 14.5. The van der Waals surface area contributed by atoms with Gasteiger partial charge in [-0.15, -0.1) is 10.2 Å². The first kappa shape index (κ1) is 14.9. The van der Waals surface area contributed by atoms with Gasteiger partial charge in [0.2, 0.25) is 16.9 Å². The first-order chi connectivity index (χ1) is 9.61. The van der Waals surface area contributed by atoms with Crippen LogP contribution in [0.2, 0.25) is 0 Å². The van der Waals surface area contributed by atoms with Crippen LogP contribution in [-0.4, -0.2) is 39.5 Å². The molecule has 1 aliphatic heterocycles. The van der Waals surface area contributed by atoms with Gasteiger partial charge in [-0.05, 0) is 26.2 Å². The summed E-state index contributed by atoms with van der Waals surface area (Å²) < 4.78 is 0. The molecule has 6 nitrogen and oxygen atoms in total. The molecule has 0 spiro atoms. The summed E-state index contributed by atoms with van der Waals surface area (Å²) in [6.07, 6.45) is 4.26. The Labute approximate surface area is 122 Å². The molecule has 1 N–H and O–H groups in total. The van der Waals surface area contributed by atoms with Crippen LogP contribution in [-0.2, 0) is 16.0 Å². The maximum Gasteiger partial charge on any atom is 0.248 e. The number of nitrogens with one attached hydrogen (secondary N) is 1. The van der Waals surface area contributed by atoms with Gasteiger partial charge >= 0.3 is 0 Å². The Morgan fingerprint density at radius 3 is 2.90 bits per heavy atom. The molecule has 0 aliphatic carbocycles. The van der Waals surface area contributed by atoms with Gasteiger partial charge in [0.1, 0.15) is 11.0 Å². The Kier molecular flexibility index (Phi) is 5.05. The number of anilines is 1. The molecule has 1 aliphatic rings. The molecule has 0 saturated carbocycles. The van der Waals surface area contributed by atoms with Crippen LogP contribution in [0.3, 0.4) is 0 Å². The topological polar surface area (TPSA) is 75.2 Å². The van der Waals surface area contributed by atoms with Crippen molar-refractivity contribution in [3.8, 4) is 0 Å². The number of carbonyl (C=O) groups is 2. The van der Waals surface area contributed by atoms with Crippen molar-refractivity contribution in [3.05, 3.63) is 5.01 Å². The molecule has 0 unspecified atom stereocenters. The summed E-state index contributed by atoms with van der Waals surface area (Å²) in [6, 6.07) is -0.463. The van der Waals surface area contributed by atoms with Crippen LogP contribution in [0.15, 0.2) is 0 Å². The summed E-state index contributed by atoms with van der Waals surface area (Å²) in [7, 11) is 0. The van der Waals surface area contributed by atoms with Crippen molar-refractivity contribution in [2.24, 2.45) is 0 Å². The van der Waals surface area contributed by atoms with Crippen molar-refractivity contribution in [1.29, 1.82) is 0 Å². The van der Waals surface area contributed by atoms with Gasteiger partial charge in [0, 0.05) is 13.0 Å². The smallest absolute Gasteiger partial charge is 0.248 e. The fraction of sp³-hybridized carbons (Fsp3) is 0.692. The highest BCUT2D eigenvalue weighted by molar-refractivity contribution is 7.15. The van der Waals surface area contributed by atoms with Crippen LogP contribution < -0.4 is 5.32 Å². The molecular weight excluding hydrogens is 276 g/mol. The van der Waals surface area contributed by atoms with Gasteiger partial charge in [-0.1, -0.05) is 24.7 Å². The molecule has 0 aromatic carbocycles. The van der Waals surface area contributed by atoms with Crippen molar-refractivity contribution in [1.82, 2.24) is 15.1 Å². The van der Waals surface area contributed by atoms with E-state index in [1.54, 1.807) is 11.8 Å². The second-order valence-electron chi connectivity index (χ2n) is 4.92. The zero-order valence-electron chi connectivity index (χ0n) is 11.9. The van der Waals surface area contributed by atoms with Crippen LogP contribution in [0.4, 0.5) is 5.13 Å². The molecule has 20 heavy (non-hydrogen) atoms. The monoisotopic (exact) mass is 296 g/mol. The molecule has 1 atom stereocenters. The first-order valence-corrected chi connectivity index (χ1v) is 7.86. The number of aryl methyl sites for hydroxylation is 1. The van der Waals surface area contributed by atoms with E-state index in [0.29, 0.717) is 18.1 Å². The quantitative estimate of drug-likeness (QED) is 0.919. The molecule has 1 saturated heterocycles. The van der Waals surface area contributed by atoms with E-state index in [1.165, 1.54) is 11.3 Å². The number of rotatable bonds is 4. The number of hydrogen-bond donors (Lipinski definition) is 1. The number of hydrogen-bond acceptors (Lipinski definition) is 5. The van der Waals surface area contributed by atoms with E-state index >= 15 is 0 Å². The average Bonchev–Trinajstić information content (AvgIpc) is 2.78. The first-order valence-electron chi connectivity index (χ1n) is 7.04. The van der Waals surface area contributed by atoms with Crippen molar-refractivity contribution in [2.45, 2.75) is 52.0 Å². The van der Waals surface area contributed by atoms with Gasteiger partial charge < -0.3 is 4.90 Å². The van der Waals surface area contributed by atoms with Gasteiger partial charge in [0.15, 0.2) is 0 Å². The second-order valence-corrected chi connectivity index (χ2v) is 5.98. The number of nitrogens with zero attached hydrogens (tertiary/aromatic N) is 3. The molecule has 1 aromatic rings. The lowest BCUT2D eigenvalue weighted by Crippen LogP contribution is -2.45. The van der Waals surface area contributed by atoms with Gasteiger partial charge in [0.25, 0.3) is 0 Å². The second kappa shape index (κ2) is 6.78. The van der Waals surface area contributed by atoms with Crippen molar-refractivity contribution < 1.29 is 9.59 Å². The summed E-state index contributed by atoms with van der Waals surface area (Å²) in [6.45, 7) is 4.41. The fourth-order valence-electron chi connectivity index (χ4n) is 2.21. The summed E-state index contributed by atoms with van der Waals surface area (Å²) >= 11 is 1.37. The lowest BCUT2D eigenvalue weighted by Gasteiger charge is -2.26. The molecule has 1 fully saturated rings. The molecule has 1 aromatic heterocycles. The number of aromatic nitrogens is 2. The van der Waals surface area contributed by atoms with Gasteiger partial charge in [-0.25, -0.2) is 0 Å². The minimum atomic E-state index is -0.463. The molecule has 7 heteroatoms. The fourth-order valence-corrected chi connectivity index (χ4v) is 2.89. The zero-order valence-corrected chi connectivity index (χ0v) is 12.7. The highest BCUT2D eigenvalue weighted by atomic mass is 32.1. The SMILES string of the molecule is CCc1nnc(NC(=O)[C@H](C)N2CCCCCC2=O)s1. The van der Waals surface area contributed by atoms with Crippen molar-refractivity contribution in [3.63, 3.8) is 0 Å². The van der Waals surface area contributed by atoms with Crippen molar-refractivity contribution >= 4 is 28.3 Å². The minimum absolute atomic E-state index is 0.0664.